The van der Waals surface area contributed by atoms with Crippen LogP contribution in [-0.2, 0) is 14.8 Å². The molecule has 4 N–H and O–H groups in total. The van der Waals surface area contributed by atoms with Gasteiger partial charge in [0.1, 0.15) is 0 Å². The summed E-state index contributed by atoms with van der Waals surface area (Å²) in [6, 6.07) is 17.5. The molecule has 0 aliphatic rings. The van der Waals surface area contributed by atoms with Crippen molar-refractivity contribution in [2.45, 2.75) is 17.7 Å². The molecule has 0 aliphatic carbocycles. The maximum absolute atomic E-state index is 14.3. The predicted octanol–water partition coefficient (Wildman–Crippen LogP) is 4.51. The number of hydrogen-bond acceptors (Lipinski definition) is 5. The Kier molecular flexibility index (Phi) is 8.04. The number of sulfonamides is 1. The van der Waals surface area contributed by atoms with Crippen molar-refractivity contribution in [2.24, 2.45) is 0 Å². The number of amides is 2. The van der Waals surface area contributed by atoms with Gasteiger partial charge in [0.2, 0.25) is 0 Å². The molecule has 0 aliphatic heterocycles. The third-order valence-electron chi connectivity index (χ3n) is 4.41. The fraction of sp³-hybridized carbons (Fsp3) is 0.130. The van der Waals surface area contributed by atoms with E-state index in [0.717, 1.165) is 12.1 Å². The van der Waals surface area contributed by atoms with Crippen LogP contribution in [0.4, 0.5) is 26.2 Å². The predicted molar refractivity (Wildman–Crippen MR) is 125 cm³/mol. The summed E-state index contributed by atoms with van der Waals surface area (Å²) in [6.07, 6.45) is 0.0595. The molecule has 3 rings (SSSR count). The number of urea groups is 1. The number of benzene rings is 3. The molecule has 178 valence electrons. The van der Waals surface area contributed by atoms with Crippen LogP contribution in [0.3, 0.4) is 0 Å². The van der Waals surface area contributed by atoms with Crippen molar-refractivity contribution in [3.8, 4) is 5.75 Å². The zero-order valence-electron chi connectivity index (χ0n) is 17.8. The fourth-order valence-electron chi connectivity index (χ4n) is 2.86. The number of carboxylic acids is 1. The van der Waals surface area contributed by atoms with Crippen LogP contribution in [0.1, 0.15) is 12.8 Å². The Morgan fingerprint density at radius 3 is 2.26 bits per heavy atom. The standard InChI is InChI=1S/C23H22FN3O6S/c24-20-15-19(11-12-21(20)33-13-5-10-22(28)29)34(31,32)27-18-9-4-8-17(14-18)26-23(30)25-16-6-2-1-3-7-16/h1-4,6-9,11-12,14-15,27H,5,10,13H2,(H,28,29)(H2,25,26,30). The molecule has 0 unspecified atom stereocenters. The zero-order valence-corrected chi connectivity index (χ0v) is 18.6. The van der Waals surface area contributed by atoms with Crippen molar-refractivity contribution >= 4 is 39.1 Å². The van der Waals surface area contributed by atoms with Gasteiger partial charge in [0.05, 0.1) is 17.2 Å². The second-order valence-corrected chi connectivity index (χ2v) is 8.75. The minimum atomic E-state index is -4.13. The summed E-state index contributed by atoms with van der Waals surface area (Å²) < 4.78 is 47.2. The van der Waals surface area contributed by atoms with Gasteiger partial charge in [-0.25, -0.2) is 17.6 Å². The number of ether oxygens (including phenoxy) is 1. The first-order valence-corrected chi connectivity index (χ1v) is 11.6. The van der Waals surface area contributed by atoms with Gasteiger partial charge in [-0.15, -0.1) is 0 Å². The maximum atomic E-state index is 14.3. The van der Waals surface area contributed by atoms with Crippen LogP contribution in [0.15, 0.2) is 77.7 Å². The molecule has 0 saturated carbocycles. The number of aliphatic carboxylic acids is 1. The Labute approximate surface area is 195 Å². The van der Waals surface area contributed by atoms with Gasteiger partial charge in [-0.05, 0) is 55.0 Å². The number of anilines is 3. The lowest BCUT2D eigenvalue weighted by Gasteiger charge is -2.12. The highest BCUT2D eigenvalue weighted by Gasteiger charge is 2.17. The molecule has 0 spiro atoms. The average Bonchev–Trinajstić information content (AvgIpc) is 2.78. The zero-order chi connectivity index (χ0) is 24.6. The second-order valence-electron chi connectivity index (χ2n) is 7.07. The van der Waals surface area contributed by atoms with Crippen LogP contribution < -0.4 is 20.1 Å². The molecule has 9 nitrogen and oxygen atoms in total. The minimum absolute atomic E-state index is 0.0226. The molecule has 11 heteroatoms. The summed E-state index contributed by atoms with van der Waals surface area (Å²) >= 11 is 0. The number of nitrogens with one attached hydrogen (secondary N) is 3. The lowest BCUT2D eigenvalue weighted by molar-refractivity contribution is -0.137. The normalized spacial score (nSPS) is 10.9. The molecular formula is C23H22FN3O6S. The number of hydrogen-bond donors (Lipinski definition) is 4. The first-order chi connectivity index (χ1) is 16.2. The van der Waals surface area contributed by atoms with Crippen molar-refractivity contribution < 1.29 is 32.2 Å². The van der Waals surface area contributed by atoms with Gasteiger partial charge in [0, 0.05) is 17.8 Å². The first kappa shape index (κ1) is 24.5. The van der Waals surface area contributed by atoms with E-state index in [0.29, 0.717) is 11.4 Å². The van der Waals surface area contributed by atoms with Crippen LogP contribution in [-0.4, -0.2) is 32.1 Å². The van der Waals surface area contributed by atoms with Crippen molar-refractivity contribution in [3.63, 3.8) is 0 Å². The molecule has 3 aromatic rings. The number of halogens is 1. The van der Waals surface area contributed by atoms with Gasteiger partial charge in [-0.2, -0.15) is 0 Å². The summed E-state index contributed by atoms with van der Waals surface area (Å²) in [5.41, 5.74) is 1.09. The van der Waals surface area contributed by atoms with E-state index in [4.69, 9.17) is 9.84 Å². The number of carbonyl (C=O) groups excluding carboxylic acids is 1. The van der Waals surface area contributed by atoms with Gasteiger partial charge in [0.15, 0.2) is 11.6 Å². The van der Waals surface area contributed by atoms with E-state index in [2.05, 4.69) is 15.4 Å². The summed E-state index contributed by atoms with van der Waals surface area (Å²) in [7, 11) is -4.13. The third kappa shape index (κ3) is 7.20. The van der Waals surface area contributed by atoms with Crippen molar-refractivity contribution in [2.75, 3.05) is 22.0 Å². The molecule has 3 aromatic carbocycles. The molecule has 0 atom stereocenters. The van der Waals surface area contributed by atoms with Crippen LogP contribution in [0.2, 0.25) is 0 Å². The molecule has 0 heterocycles. The molecule has 0 fully saturated rings. The Bertz CT molecular complexity index is 1270. The van der Waals surface area contributed by atoms with Crippen LogP contribution in [0.5, 0.6) is 5.75 Å². The highest BCUT2D eigenvalue weighted by molar-refractivity contribution is 7.92. The van der Waals surface area contributed by atoms with Crippen LogP contribution >= 0.6 is 0 Å². The Morgan fingerprint density at radius 2 is 1.56 bits per heavy atom. The van der Waals surface area contributed by atoms with Crippen LogP contribution in [0, 0.1) is 5.82 Å². The average molecular weight is 488 g/mol. The van der Waals surface area contributed by atoms with E-state index >= 15 is 0 Å². The van der Waals surface area contributed by atoms with E-state index in [1.165, 1.54) is 18.2 Å². The summed E-state index contributed by atoms with van der Waals surface area (Å²) in [5.74, 6) is -2.07. The SMILES string of the molecule is O=C(O)CCCOc1ccc(S(=O)(=O)Nc2cccc(NC(=O)Nc3ccccc3)c2)cc1F. The van der Waals surface area contributed by atoms with Gasteiger partial charge in [-0.3, -0.25) is 9.52 Å². The quantitative estimate of drug-likeness (QED) is 0.311. The molecule has 0 aromatic heterocycles. The molecular weight excluding hydrogens is 465 g/mol. The van der Waals surface area contributed by atoms with Crippen molar-refractivity contribution in [3.05, 3.63) is 78.6 Å². The molecule has 0 bridgehead atoms. The third-order valence-corrected chi connectivity index (χ3v) is 5.79. The monoisotopic (exact) mass is 487 g/mol. The number of para-hydroxylation sites is 1. The number of carboxylic acid groups (broad SMARTS) is 1. The Morgan fingerprint density at radius 1 is 0.882 bits per heavy atom. The Hall–Kier alpha value is -4.12. The van der Waals surface area contributed by atoms with E-state index in [9.17, 15) is 22.4 Å². The topological polar surface area (TPSA) is 134 Å². The van der Waals surface area contributed by atoms with E-state index in [1.54, 1.807) is 36.4 Å². The van der Waals surface area contributed by atoms with Crippen molar-refractivity contribution in [1.82, 2.24) is 0 Å². The van der Waals surface area contributed by atoms with E-state index in [-0.39, 0.29) is 35.8 Å². The largest absolute Gasteiger partial charge is 0.491 e. The van der Waals surface area contributed by atoms with Gasteiger partial charge in [0.25, 0.3) is 10.0 Å². The lowest BCUT2D eigenvalue weighted by Crippen LogP contribution is -2.19. The molecule has 2 amide bonds. The summed E-state index contributed by atoms with van der Waals surface area (Å²) in [5, 5.41) is 13.9. The highest BCUT2D eigenvalue weighted by atomic mass is 32.2. The summed E-state index contributed by atoms with van der Waals surface area (Å²) in [4.78, 5) is 22.3. The first-order valence-electron chi connectivity index (χ1n) is 10.1. The molecule has 34 heavy (non-hydrogen) atoms. The smallest absolute Gasteiger partial charge is 0.323 e. The lowest BCUT2D eigenvalue weighted by atomic mass is 10.3. The van der Waals surface area contributed by atoms with Crippen molar-refractivity contribution in [1.29, 1.82) is 0 Å². The fourth-order valence-corrected chi connectivity index (χ4v) is 3.92. The highest BCUT2D eigenvalue weighted by Crippen LogP contribution is 2.24. The molecule has 0 radical (unpaired) electrons. The van der Waals surface area contributed by atoms with E-state index < -0.39 is 27.8 Å². The van der Waals surface area contributed by atoms with Crippen LogP contribution in [0.25, 0.3) is 0 Å². The van der Waals surface area contributed by atoms with E-state index in [1.807, 2.05) is 6.07 Å². The number of carbonyl (C=O) groups is 2. The second kappa shape index (κ2) is 11.1. The summed E-state index contributed by atoms with van der Waals surface area (Å²) in [6.45, 7) is -0.0226. The number of rotatable bonds is 10. The van der Waals surface area contributed by atoms with Gasteiger partial charge >= 0.3 is 12.0 Å². The molecule has 0 saturated heterocycles. The maximum Gasteiger partial charge on any atom is 0.323 e. The van der Waals surface area contributed by atoms with Gasteiger partial charge < -0.3 is 20.5 Å². The minimum Gasteiger partial charge on any atom is -0.491 e. The Balaban J connectivity index is 1.63. The van der Waals surface area contributed by atoms with Gasteiger partial charge in [-0.1, -0.05) is 24.3 Å².